The van der Waals surface area contributed by atoms with Crippen LogP contribution < -0.4 is 10.9 Å². The summed E-state index contributed by atoms with van der Waals surface area (Å²) in [6.07, 6.45) is 0. The molecule has 0 radical (unpaired) electrons. The van der Waals surface area contributed by atoms with Gasteiger partial charge >= 0.3 is 0 Å². The molecule has 2 heteroatoms. The van der Waals surface area contributed by atoms with Crippen molar-refractivity contribution in [3.63, 3.8) is 0 Å². The summed E-state index contributed by atoms with van der Waals surface area (Å²) >= 11 is 0. The highest BCUT2D eigenvalue weighted by molar-refractivity contribution is 5.61. The zero-order valence-corrected chi connectivity index (χ0v) is 8.59. The van der Waals surface area contributed by atoms with Gasteiger partial charge in [0, 0.05) is 11.1 Å². The molecule has 78 valence electrons. The third-order valence-electron chi connectivity index (χ3n) is 2.29. The van der Waals surface area contributed by atoms with Crippen LogP contribution in [0.3, 0.4) is 0 Å². The second-order valence-corrected chi connectivity index (χ2v) is 3.38. The molecule has 0 atom stereocenters. The normalized spacial score (nSPS) is 9.75. The van der Waals surface area contributed by atoms with Gasteiger partial charge in [-0.25, -0.2) is 0 Å². The van der Waals surface area contributed by atoms with Crippen LogP contribution in [0.15, 0.2) is 70.3 Å². The molecule has 0 unspecified atom stereocenters. The summed E-state index contributed by atoms with van der Waals surface area (Å²) in [5.74, 6) is 0. The van der Waals surface area contributed by atoms with Gasteiger partial charge in [-0.15, -0.1) is 0 Å². The van der Waals surface area contributed by atoms with Crippen molar-refractivity contribution >= 4 is 0 Å². The molecule has 0 aromatic heterocycles. The van der Waals surface area contributed by atoms with Gasteiger partial charge in [0.25, 0.3) is 0 Å². The van der Waals surface area contributed by atoms with Gasteiger partial charge < -0.3 is 0 Å². The fourth-order valence-corrected chi connectivity index (χ4v) is 1.51. The molecule has 0 aliphatic heterocycles. The van der Waals surface area contributed by atoms with E-state index < -0.39 is 0 Å². The predicted octanol–water partition coefficient (Wildman–Crippen LogP) is 2.07. The van der Waals surface area contributed by atoms with Crippen LogP contribution in [-0.4, -0.2) is 0 Å². The smallest absolute Gasteiger partial charge is 0.186 e. The molecule has 0 saturated carbocycles. The highest BCUT2D eigenvalue weighted by atomic mass is 16.1. The van der Waals surface area contributed by atoms with Crippen molar-refractivity contribution in [3.8, 4) is 11.1 Å². The van der Waals surface area contributed by atoms with Crippen molar-refractivity contribution in [2.45, 2.75) is 0 Å². The summed E-state index contributed by atoms with van der Waals surface area (Å²) in [7, 11) is 0. The lowest BCUT2D eigenvalue weighted by Crippen LogP contribution is -2.06. The van der Waals surface area contributed by atoms with E-state index in [1.54, 1.807) is 48.5 Å². The van der Waals surface area contributed by atoms with Crippen molar-refractivity contribution in [2.75, 3.05) is 0 Å². The molecular weight excluding hydrogens is 200 g/mol. The molecule has 0 spiro atoms. The second kappa shape index (κ2) is 4.53. The molecule has 0 aliphatic rings. The van der Waals surface area contributed by atoms with Crippen LogP contribution in [0.1, 0.15) is 0 Å². The summed E-state index contributed by atoms with van der Waals surface area (Å²) < 4.78 is 0. The topological polar surface area (TPSA) is 34.1 Å². The van der Waals surface area contributed by atoms with Crippen LogP contribution in [0.25, 0.3) is 11.1 Å². The minimum absolute atomic E-state index is 0.145. The lowest BCUT2D eigenvalue weighted by atomic mass is 10.1. The van der Waals surface area contributed by atoms with E-state index in [9.17, 15) is 9.59 Å². The van der Waals surface area contributed by atoms with Gasteiger partial charge in [-0.05, 0) is 12.1 Å². The van der Waals surface area contributed by atoms with Crippen LogP contribution in [-0.2, 0) is 0 Å². The maximum absolute atomic E-state index is 11.7. The molecule has 2 rings (SSSR count). The zero-order chi connectivity index (χ0) is 11.4. The molecule has 0 heterocycles. The Kier molecular flexibility index (Phi) is 2.92. The minimum Gasteiger partial charge on any atom is -0.289 e. The van der Waals surface area contributed by atoms with E-state index in [2.05, 4.69) is 0 Å². The second-order valence-electron chi connectivity index (χ2n) is 3.38. The first-order chi connectivity index (χ1) is 7.79. The Bertz CT molecular complexity index is 561. The molecule has 2 nitrogen and oxygen atoms in total. The van der Waals surface area contributed by atoms with Gasteiger partial charge in [-0.2, -0.15) is 0 Å². The molecule has 0 amide bonds. The Morgan fingerprint density at radius 1 is 0.500 bits per heavy atom. The quantitative estimate of drug-likeness (QED) is 0.722. The summed E-state index contributed by atoms with van der Waals surface area (Å²) in [6.45, 7) is 0. The van der Waals surface area contributed by atoms with E-state index in [-0.39, 0.29) is 10.9 Å². The van der Waals surface area contributed by atoms with Crippen LogP contribution in [0.2, 0.25) is 0 Å². The van der Waals surface area contributed by atoms with Crippen LogP contribution in [0.4, 0.5) is 0 Å². The van der Waals surface area contributed by atoms with Crippen molar-refractivity contribution in [1.82, 2.24) is 0 Å². The average molecular weight is 210 g/mol. The molecule has 2 aromatic rings. The van der Waals surface area contributed by atoms with Gasteiger partial charge in [0.2, 0.25) is 0 Å². The van der Waals surface area contributed by atoms with Gasteiger partial charge in [0.05, 0.1) is 0 Å². The molecule has 2 aromatic carbocycles. The summed E-state index contributed by atoms with van der Waals surface area (Å²) in [5, 5.41) is 0. The van der Waals surface area contributed by atoms with E-state index in [1.165, 1.54) is 12.1 Å². The van der Waals surface area contributed by atoms with Gasteiger partial charge in [0.1, 0.15) is 0 Å². The van der Waals surface area contributed by atoms with Crippen molar-refractivity contribution in [2.24, 2.45) is 0 Å². The first-order valence-electron chi connectivity index (χ1n) is 4.98. The van der Waals surface area contributed by atoms with Crippen molar-refractivity contribution in [3.05, 3.63) is 81.1 Å². The van der Waals surface area contributed by atoms with E-state index in [0.29, 0.717) is 11.1 Å². The zero-order valence-electron chi connectivity index (χ0n) is 8.59. The highest BCUT2D eigenvalue weighted by Crippen LogP contribution is 2.07. The summed E-state index contributed by atoms with van der Waals surface area (Å²) in [6, 6.07) is 16.6. The lowest BCUT2D eigenvalue weighted by molar-refractivity contribution is 1.57. The summed E-state index contributed by atoms with van der Waals surface area (Å²) in [5.41, 5.74) is 0.582. The maximum atomic E-state index is 11.7. The SMILES string of the molecule is O=c1cccccc1-c1cccccc1=O. The first kappa shape index (κ1) is 10.3. The van der Waals surface area contributed by atoms with Crippen molar-refractivity contribution < 1.29 is 0 Å². The molecule has 0 aliphatic carbocycles. The molecule has 0 saturated heterocycles. The Hall–Kier alpha value is -2.22. The lowest BCUT2D eigenvalue weighted by Gasteiger charge is -1.91. The van der Waals surface area contributed by atoms with E-state index in [1.807, 2.05) is 0 Å². The Labute approximate surface area is 92.8 Å². The Balaban J connectivity index is 2.81. The standard InChI is InChI=1S/C14H10O2/c15-13-9-5-1-3-7-11(13)12-8-4-2-6-10-14(12)16/h1-10H. The van der Waals surface area contributed by atoms with E-state index in [0.717, 1.165) is 0 Å². The highest BCUT2D eigenvalue weighted by Gasteiger charge is 2.02. The van der Waals surface area contributed by atoms with E-state index in [4.69, 9.17) is 0 Å². The molecule has 16 heavy (non-hydrogen) atoms. The first-order valence-corrected chi connectivity index (χ1v) is 4.98. The largest absolute Gasteiger partial charge is 0.289 e. The van der Waals surface area contributed by atoms with Crippen LogP contribution in [0.5, 0.6) is 0 Å². The fourth-order valence-electron chi connectivity index (χ4n) is 1.51. The fraction of sp³-hybridized carbons (Fsp3) is 0. The van der Waals surface area contributed by atoms with Crippen LogP contribution >= 0.6 is 0 Å². The predicted molar refractivity (Wildman–Crippen MR) is 64.4 cm³/mol. The minimum atomic E-state index is -0.145. The third kappa shape index (κ3) is 2.06. The maximum Gasteiger partial charge on any atom is 0.186 e. The number of hydrogen-bond donors (Lipinski definition) is 0. The monoisotopic (exact) mass is 210 g/mol. The van der Waals surface area contributed by atoms with Gasteiger partial charge in [0.15, 0.2) is 10.9 Å². The van der Waals surface area contributed by atoms with Gasteiger partial charge in [-0.3, -0.25) is 9.59 Å². The summed E-state index contributed by atoms with van der Waals surface area (Å²) in [4.78, 5) is 23.5. The molecule has 0 N–H and O–H groups in total. The molecule has 0 bridgehead atoms. The van der Waals surface area contributed by atoms with Gasteiger partial charge in [-0.1, -0.05) is 48.5 Å². The molecular formula is C14H10O2. The third-order valence-corrected chi connectivity index (χ3v) is 2.29. The van der Waals surface area contributed by atoms with E-state index >= 15 is 0 Å². The molecule has 0 fully saturated rings. The Morgan fingerprint density at radius 2 is 0.875 bits per heavy atom. The van der Waals surface area contributed by atoms with Crippen molar-refractivity contribution in [1.29, 1.82) is 0 Å². The number of hydrogen-bond acceptors (Lipinski definition) is 2. The Morgan fingerprint density at radius 3 is 1.31 bits per heavy atom. The average Bonchev–Trinajstić information content (AvgIpc) is 2.59. The number of rotatable bonds is 1. The van der Waals surface area contributed by atoms with Crippen LogP contribution in [0, 0.1) is 0 Å².